The smallest absolute Gasteiger partial charge is 0.442 e. The van der Waals surface area contributed by atoms with Crippen molar-refractivity contribution in [3.63, 3.8) is 0 Å². The molecule has 1 aromatic carbocycles. The molecule has 2 amide bonds. The Bertz CT molecular complexity index is 976. The molecule has 1 aliphatic heterocycles. The van der Waals surface area contributed by atoms with Gasteiger partial charge in [0.1, 0.15) is 6.04 Å². The molecule has 0 aromatic heterocycles. The molecule has 3 rings (SSSR count). The van der Waals surface area contributed by atoms with Gasteiger partial charge in [0, 0.05) is 30.3 Å². The molecule has 1 unspecified atom stereocenters. The number of nitrogens with one attached hydrogen (secondary N) is 1. The minimum Gasteiger partial charge on any atom is -0.442 e. The number of carbonyl (C=O) groups is 3. The van der Waals surface area contributed by atoms with Crippen molar-refractivity contribution in [1.82, 2.24) is 10.2 Å². The van der Waals surface area contributed by atoms with Crippen molar-refractivity contribution in [3.8, 4) is 0 Å². The summed E-state index contributed by atoms with van der Waals surface area (Å²) in [5, 5.41) is 3.25. The molecule has 1 atom stereocenters. The van der Waals surface area contributed by atoms with Gasteiger partial charge in [0.15, 0.2) is 5.60 Å². The summed E-state index contributed by atoms with van der Waals surface area (Å²) < 4.78 is 43.3. The zero-order chi connectivity index (χ0) is 26.9. The van der Waals surface area contributed by atoms with Crippen LogP contribution < -0.4 is 10.2 Å². The number of anilines is 1. The van der Waals surface area contributed by atoms with Crippen molar-refractivity contribution in [2.75, 3.05) is 24.5 Å². The SMILES string of the molecule is CC(C)C(NC(=O)C1(OC(=O)C(F)(F)F)CCCC1)C(=O)N1CCN(c2ccc(Cl)cc2)C(C)(C)C1. The molecule has 2 fully saturated rings. The van der Waals surface area contributed by atoms with Crippen LogP contribution in [0, 0.1) is 5.92 Å². The Balaban J connectivity index is 1.74. The van der Waals surface area contributed by atoms with Gasteiger partial charge in [0.05, 0.1) is 5.54 Å². The number of hydrogen-bond acceptors (Lipinski definition) is 5. The maximum Gasteiger partial charge on any atom is 0.490 e. The van der Waals surface area contributed by atoms with E-state index in [1.54, 1.807) is 30.9 Å². The molecule has 11 heteroatoms. The standard InChI is InChI=1S/C25H33ClF3N3O4/c1-16(2)19(30-21(34)24(11-5-6-12-24)36-22(35)25(27,28)29)20(33)31-13-14-32(23(3,4)15-31)18-9-7-17(26)8-10-18/h7-10,16,19H,5-6,11-15H2,1-4H3,(H,30,34). The summed E-state index contributed by atoms with van der Waals surface area (Å²) in [5.74, 6) is -3.91. The lowest BCUT2D eigenvalue weighted by Gasteiger charge is -2.49. The first-order chi connectivity index (χ1) is 16.7. The van der Waals surface area contributed by atoms with E-state index in [4.69, 9.17) is 16.3 Å². The lowest BCUT2D eigenvalue weighted by atomic mass is 9.94. The van der Waals surface area contributed by atoms with Gasteiger partial charge in [-0.3, -0.25) is 9.59 Å². The second kappa shape index (κ2) is 10.5. The number of benzene rings is 1. The molecule has 0 bridgehead atoms. The average molecular weight is 532 g/mol. The van der Waals surface area contributed by atoms with Crippen LogP contribution in [0.3, 0.4) is 0 Å². The van der Waals surface area contributed by atoms with Crippen molar-refractivity contribution in [3.05, 3.63) is 29.3 Å². The highest BCUT2D eigenvalue weighted by atomic mass is 35.5. The molecule has 1 aromatic rings. The van der Waals surface area contributed by atoms with Gasteiger partial charge in [-0.2, -0.15) is 13.2 Å². The Morgan fingerprint density at radius 3 is 2.14 bits per heavy atom. The summed E-state index contributed by atoms with van der Waals surface area (Å²) >= 11 is 6.01. The van der Waals surface area contributed by atoms with Gasteiger partial charge >= 0.3 is 12.1 Å². The van der Waals surface area contributed by atoms with E-state index in [0.29, 0.717) is 37.5 Å². The average Bonchev–Trinajstić information content (AvgIpc) is 3.26. The van der Waals surface area contributed by atoms with Crippen LogP contribution in [-0.2, 0) is 19.1 Å². The summed E-state index contributed by atoms with van der Waals surface area (Å²) in [5.41, 5.74) is -1.38. The molecule has 1 saturated heterocycles. The number of amides is 2. The molecule has 200 valence electrons. The Hall–Kier alpha value is -2.49. The van der Waals surface area contributed by atoms with Crippen LogP contribution in [0.4, 0.5) is 18.9 Å². The topological polar surface area (TPSA) is 78.9 Å². The van der Waals surface area contributed by atoms with Crippen LogP contribution in [0.2, 0.25) is 5.02 Å². The fourth-order valence-electron chi connectivity index (χ4n) is 4.98. The van der Waals surface area contributed by atoms with Crippen molar-refractivity contribution < 1.29 is 32.3 Å². The maximum absolute atomic E-state index is 13.5. The first kappa shape index (κ1) is 28.1. The molecular formula is C25H33ClF3N3O4. The zero-order valence-corrected chi connectivity index (χ0v) is 21.7. The number of esters is 1. The lowest BCUT2D eigenvalue weighted by Crippen LogP contribution is -2.64. The lowest BCUT2D eigenvalue weighted by molar-refractivity contribution is -0.214. The molecule has 7 nitrogen and oxygen atoms in total. The third-order valence-corrected chi connectivity index (χ3v) is 7.17. The van der Waals surface area contributed by atoms with Gasteiger partial charge < -0.3 is 19.9 Å². The van der Waals surface area contributed by atoms with Gasteiger partial charge in [-0.1, -0.05) is 25.4 Å². The second-order valence-corrected chi connectivity index (χ2v) is 10.9. The Labute approximate surface area is 214 Å². The van der Waals surface area contributed by atoms with Crippen LogP contribution in [0.15, 0.2) is 24.3 Å². The Kier molecular flexibility index (Phi) is 8.17. The van der Waals surface area contributed by atoms with Crippen LogP contribution in [-0.4, -0.2) is 65.7 Å². The van der Waals surface area contributed by atoms with E-state index in [0.717, 1.165) is 5.69 Å². The third kappa shape index (κ3) is 6.07. The monoisotopic (exact) mass is 531 g/mol. The molecule has 0 radical (unpaired) electrons. The van der Waals surface area contributed by atoms with E-state index in [1.807, 2.05) is 26.0 Å². The van der Waals surface area contributed by atoms with E-state index in [1.165, 1.54) is 0 Å². The van der Waals surface area contributed by atoms with Crippen molar-refractivity contribution in [2.24, 2.45) is 5.92 Å². The van der Waals surface area contributed by atoms with Gasteiger partial charge in [-0.05, 0) is 69.7 Å². The minimum absolute atomic E-state index is 0.0214. The summed E-state index contributed by atoms with van der Waals surface area (Å²) in [6, 6.07) is 6.47. The molecule has 2 aliphatic rings. The van der Waals surface area contributed by atoms with Crippen LogP contribution >= 0.6 is 11.6 Å². The van der Waals surface area contributed by atoms with E-state index < -0.39 is 35.2 Å². The van der Waals surface area contributed by atoms with Gasteiger partial charge in [-0.15, -0.1) is 0 Å². The first-order valence-electron chi connectivity index (χ1n) is 12.1. The Morgan fingerprint density at radius 1 is 1.06 bits per heavy atom. The summed E-state index contributed by atoms with van der Waals surface area (Å²) in [6.07, 6.45) is -4.36. The first-order valence-corrected chi connectivity index (χ1v) is 12.5. The highest BCUT2D eigenvalue weighted by molar-refractivity contribution is 6.30. The van der Waals surface area contributed by atoms with Crippen LogP contribution in [0.5, 0.6) is 0 Å². The van der Waals surface area contributed by atoms with E-state index in [-0.39, 0.29) is 24.7 Å². The number of halogens is 4. The molecule has 1 saturated carbocycles. The summed E-state index contributed by atoms with van der Waals surface area (Å²) in [6.45, 7) is 8.84. The van der Waals surface area contributed by atoms with Gasteiger partial charge in [0.25, 0.3) is 5.91 Å². The minimum atomic E-state index is -5.21. The second-order valence-electron chi connectivity index (χ2n) is 10.5. The predicted octanol–water partition coefficient (Wildman–Crippen LogP) is 4.33. The van der Waals surface area contributed by atoms with Gasteiger partial charge in [-0.25, -0.2) is 4.79 Å². The number of hydrogen-bond donors (Lipinski definition) is 1. The molecular weight excluding hydrogens is 499 g/mol. The number of carbonyl (C=O) groups excluding carboxylic acids is 3. The third-order valence-electron chi connectivity index (χ3n) is 6.92. The highest BCUT2D eigenvalue weighted by Crippen LogP contribution is 2.36. The van der Waals surface area contributed by atoms with E-state index in [9.17, 15) is 27.6 Å². The van der Waals surface area contributed by atoms with Crippen molar-refractivity contribution in [2.45, 2.75) is 76.7 Å². The van der Waals surface area contributed by atoms with E-state index >= 15 is 0 Å². The molecule has 36 heavy (non-hydrogen) atoms. The summed E-state index contributed by atoms with van der Waals surface area (Å²) in [7, 11) is 0. The van der Waals surface area contributed by atoms with Crippen molar-refractivity contribution >= 4 is 35.1 Å². The number of alkyl halides is 3. The highest BCUT2D eigenvalue weighted by Gasteiger charge is 2.52. The normalized spacial score (nSPS) is 20.2. The van der Waals surface area contributed by atoms with Crippen molar-refractivity contribution in [1.29, 1.82) is 0 Å². The Morgan fingerprint density at radius 2 is 1.64 bits per heavy atom. The molecule has 0 spiro atoms. The number of nitrogens with zero attached hydrogens (tertiary/aromatic N) is 2. The maximum atomic E-state index is 13.5. The molecule has 1 N–H and O–H groups in total. The quantitative estimate of drug-likeness (QED) is 0.553. The number of piperazine rings is 1. The largest absolute Gasteiger partial charge is 0.490 e. The van der Waals surface area contributed by atoms with Crippen LogP contribution in [0.25, 0.3) is 0 Å². The fourth-order valence-corrected chi connectivity index (χ4v) is 5.11. The number of ether oxygens (including phenoxy) is 1. The fraction of sp³-hybridized carbons (Fsp3) is 0.640. The van der Waals surface area contributed by atoms with Crippen LogP contribution in [0.1, 0.15) is 53.4 Å². The summed E-state index contributed by atoms with van der Waals surface area (Å²) in [4.78, 5) is 42.1. The van der Waals surface area contributed by atoms with Gasteiger partial charge in [0.2, 0.25) is 5.91 Å². The number of rotatable bonds is 6. The van der Waals surface area contributed by atoms with E-state index in [2.05, 4.69) is 10.2 Å². The molecule has 1 aliphatic carbocycles. The predicted molar refractivity (Wildman–Crippen MR) is 130 cm³/mol. The zero-order valence-electron chi connectivity index (χ0n) is 21.0. The molecule has 1 heterocycles.